The molecule has 1 aromatic rings. The maximum absolute atomic E-state index is 14.2. The summed E-state index contributed by atoms with van der Waals surface area (Å²) in [5.74, 6) is -9.38. The van der Waals surface area contributed by atoms with Crippen LogP contribution in [0.5, 0.6) is 0 Å². The maximum Gasteiger partial charge on any atom is 0.200 e. The summed E-state index contributed by atoms with van der Waals surface area (Å²) in [5.41, 5.74) is -1.44. The Kier molecular flexibility index (Phi) is 4.77. The molecule has 1 aliphatic heterocycles. The molecule has 7 heteroatoms. The van der Waals surface area contributed by atoms with Crippen molar-refractivity contribution in [3.05, 3.63) is 34.6 Å². The molecule has 0 spiro atoms. The van der Waals surface area contributed by atoms with E-state index in [1.54, 1.807) is 25.7 Å². The van der Waals surface area contributed by atoms with Gasteiger partial charge in [0.1, 0.15) is 0 Å². The standard InChI is InChI=1S/C15H19F5N2/c1-15(2,3)14(22-6-4-21-5-7-22)8-9(16)11(18)13(20)12(19)10(8)17/h14,21H,4-7H2,1-3H3/t14-/m1/s1. The van der Waals surface area contributed by atoms with Crippen molar-refractivity contribution in [1.82, 2.24) is 10.2 Å². The van der Waals surface area contributed by atoms with Gasteiger partial charge in [0.05, 0.1) is 0 Å². The summed E-state index contributed by atoms with van der Waals surface area (Å²) >= 11 is 0. The largest absolute Gasteiger partial charge is 0.314 e. The molecule has 1 heterocycles. The molecular weight excluding hydrogens is 303 g/mol. The van der Waals surface area contributed by atoms with E-state index in [0.29, 0.717) is 26.2 Å². The second kappa shape index (κ2) is 6.12. The van der Waals surface area contributed by atoms with Gasteiger partial charge in [0.15, 0.2) is 23.3 Å². The molecule has 1 saturated heterocycles. The molecule has 0 radical (unpaired) electrons. The fraction of sp³-hybridized carbons (Fsp3) is 0.600. The highest BCUT2D eigenvalue weighted by Gasteiger charge is 2.39. The second-order valence-electron chi connectivity index (χ2n) is 6.54. The zero-order chi connectivity index (χ0) is 16.7. The molecule has 1 aliphatic rings. The third-order valence-corrected chi connectivity index (χ3v) is 3.85. The van der Waals surface area contributed by atoms with Gasteiger partial charge in [-0.15, -0.1) is 0 Å². The van der Waals surface area contributed by atoms with E-state index in [2.05, 4.69) is 5.32 Å². The lowest BCUT2D eigenvalue weighted by atomic mass is 9.80. The van der Waals surface area contributed by atoms with Crippen molar-refractivity contribution in [3.8, 4) is 0 Å². The Morgan fingerprint density at radius 1 is 0.818 bits per heavy atom. The Hall–Kier alpha value is -1.21. The van der Waals surface area contributed by atoms with Crippen LogP contribution in [-0.2, 0) is 0 Å². The van der Waals surface area contributed by atoms with E-state index in [4.69, 9.17) is 0 Å². The van der Waals surface area contributed by atoms with Crippen LogP contribution in [0, 0.1) is 34.5 Å². The van der Waals surface area contributed by atoms with Gasteiger partial charge in [-0.1, -0.05) is 20.8 Å². The van der Waals surface area contributed by atoms with E-state index in [1.807, 2.05) is 0 Å². The zero-order valence-electron chi connectivity index (χ0n) is 12.7. The van der Waals surface area contributed by atoms with Gasteiger partial charge in [-0.25, -0.2) is 22.0 Å². The summed E-state index contributed by atoms with van der Waals surface area (Å²) in [7, 11) is 0. The number of benzene rings is 1. The first-order chi connectivity index (χ1) is 10.2. The van der Waals surface area contributed by atoms with Crippen LogP contribution in [0.2, 0.25) is 0 Å². The van der Waals surface area contributed by atoms with Crippen LogP contribution in [0.15, 0.2) is 0 Å². The van der Waals surface area contributed by atoms with Crippen LogP contribution in [-0.4, -0.2) is 31.1 Å². The van der Waals surface area contributed by atoms with Gasteiger partial charge in [-0.3, -0.25) is 4.90 Å². The predicted octanol–water partition coefficient (Wildman–Crippen LogP) is 3.37. The van der Waals surface area contributed by atoms with Gasteiger partial charge < -0.3 is 5.32 Å². The molecule has 2 rings (SSSR count). The van der Waals surface area contributed by atoms with Crippen LogP contribution in [0.3, 0.4) is 0 Å². The molecule has 1 atom stereocenters. The Labute approximate surface area is 126 Å². The maximum atomic E-state index is 14.2. The van der Waals surface area contributed by atoms with Gasteiger partial charge in [-0.2, -0.15) is 0 Å². The highest BCUT2D eigenvalue weighted by molar-refractivity contribution is 5.28. The molecule has 0 bridgehead atoms. The summed E-state index contributed by atoms with van der Waals surface area (Å²) in [6.45, 7) is 7.31. The fourth-order valence-corrected chi connectivity index (χ4v) is 2.97. The summed E-state index contributed by atoms with van der Waals surface area (Å²) in [6, 6.07) is -0.904. The van der Waals surface area contributed by atoms with Crippen molar-refractivity contribution in [3.63, 3.8) is 0 Å². The first-order valence-corrected chi connectivity index (χ1v) is 7.12. The average molecular weight is 322 g/mol. The Bertz CT molecular complexity index is 533. The van der Waals surface area contributed by atoms with Gasteiger partial charge in [0.25, 0.3) is 0 Å². The van der Waals surface area contributed by atoms with Gasteiger partial charge in [-0.05, 0) is 5.41 Å². The summed E-state index contributed by atoms with van der Waals surface area (Å²) in [6.07, 6.45) is 0. The minimum Gasteiger partial charge on any atom is -0.314 e. The van der Waals surface area contributed by atoms with E-state index in [-0.39, 0.29) is 0 Å². The van der Waals surface area contributed by atoms with Crippen molar-refractivity contribution < 1.29 is 22.0 Å². The topological polar surface area (TPSA) is 15.3 Å². The number of hydrogen-bond acceptors (Lipinski definition) is 2. The number of nitrogens with one attached hydrogen (secondary N) is 1. The highest BCUT2D eigenvalue weighted by atomic mass is 19.2. The van der Waals surface area contributed by atoms with Crippen LogP contribution < -0.4 is 5.32 Å². The molecule has 124 valence electrons. The molecule has 0 unspecified atom stereocenters. The molecule has 0 aliphatic carbocycles. The molecule has 0 amide bonds. The molecule has 2 nitrogen and oxygen atoms in total. The molecule has 1 N–H and O–H groups in total. The van der Waals surface area contributed by atoms with E-state index in [1.165, 1.54) is 0 Å². The van der Waals surface area contributed by atoms with E-state index in [0.717, 1.165) is 0 Å². The Balaban J connectivity index is 2.62. The molecule has 1 fully saturated rings. The van der Waals surface area contributed by atoms with Crippen molar-refractivity contribution in [2.75, 3.05) is 26.2 Å². The third kappa shape index (κ3) is 2.96. The van der Waals surface area contributed by atoms with E-state index in [9.17, 15) is 22.0 Å². The zero-order valence-corrected chi connectivity index (χ0v) is 12.7. The van der Waals surface area contributed by atoms with Gasteiger partial charge >= 0.3 is 0 Å². The number of hydrogen-bond donors (Lipinski definition) is 1. The molecular formula is C15H19F5N2. The number of rotatable bonds is 2. The summed E-state index contributed by atoms with van der Waals surface area (Å²) in [5, 5.41) is 3.10. The lowest BCUT2D eigenvalue weighted by Gasteiger charge is -2.42. The Morgan fingerprint density at radius 3 is 1.64 bits per heavy atom. The van der Waals surface area contributed by atoms with Crippen LogP contribution in [0.4, 0.5) is 22.0 Å². The molecule has 1 aromatic carbocycles. The highest BCUT2D eigenvalue weighted by Crippen LogP contribution is 2.41. The van der Waals surface area contributed by atoms with Crippen LogP contribution in [0.1, 0.15) is 32.4 Å². The predicted molar refractivity (Wildman–Crippen MR) is 72.9 cm³/mol. The number of nitrogens with zero attached hydrogens (tertiary/aromatic N) is 1. The van der Waals surface area contributed by atoms with Gasteiger partial charge in [0, 0.05) is 37.8 Å². The summed E-state index contributed by atoms with van der Waals surface area (Å²) in [4.78, 5) is 1.76. The smallest absolute Gasteiger partial charge is 0.200 e. The normalized spacial score (nSPS) is 18.5. The molecule has 0 saturated carbocycles. The quantitative estimate of drug-likeness (QED) is 0.510. The molecule has 22 heavy (non-hydrogen) atoms. The van der Waals surface area contributed by atoms with Crippen LogP contribution >= 0.6 is 0 Å². The lowest BCUT2D eigenvalue weighted by Crippen LogP contribution is -2.49. The number of piperazine rings is 1. The minimum atomic E-state index is -2.12. The second-order valence-corrected chi connectivity index (χ2v) is 6.54. The van der Waals surface area contributed by atoms with Crippen LogP contribution in [0.25, 0.3) is 0 Å². The van der Waals surface area contributed by atoms with Gasteiger partial charge in [0.2, 0.25) is 5.82 Å². The first kappa shape index (κ1) is 17.1. The van der Waals surface area contributed by atoms with Crippen molar-refractivity contribution in [2.45, 2.75) is 26.8 Å². The first-order valence-electron chi connectivity index (χ1n) is 7.12. The Morgan fingerprint density at radius 2 is 1.23 bits per heavy atom. The van der Waals surface area contributed by atoms with Crippen molar-refractivity contribution >= 4 is 0 Å². The van der Waals surface area contributed by atoms with Crippen molar-refractivity contribution in [2.24, 2.45) is 5.41 Å². The number of halogens is 5. The fourth-order valence-electron chi connectivity index (χ4n) is 2.97. The average Bonchev–Trinajstić information content (AvgIpc) is 2.47. The summed E-state index contributed by atoms with van der Waals surface area (Å²) < 4.78 is 68.7. The minimum absolute atomic E-state index is 0.474. The SMILES string of the molecule is CC(C)(C)[C@@H](c1c(F)c(F)c(F)c(F)c1F)N1CCNCC1. The lowest BCUT2D eigenvalue weighted by molar-refractivity contribution is 0.0786. The van der Waals surface area contributed by atoms with E-state index < -0.39 is 46.1 Å². The van der Waals surface area contributed by atoms with E-state index >= 15 is 0 Å². The van der Waals surface area contributed by atoms with Crippen molar-refractivity contribution in [1.29, 1.82) is 0 Å². The monoisotopic (exact) mass is 322 g/mol. The molecule has 0 aromatic heterocycles. The third-order valence-electron chi connectivity index (χ3n) is 3.85.